The van der Waals surface area contributed by atoms with E-state index in [4.69, 9.17) is 0 Å². The summed E-state index contributed by atoms with van der Waals surface area (Å²) in [5.41, 5.74) is 5.57. The van der Waals surface area contributed by atoms with E-state index in [1.54, 1.807) is 12.1 Å². The quantitative estimate of drug-likeness (QED) is 0.187. The summed E-state index contributed by atoms with van der Waals surface area (Å²) in [6, 6.07) is 30.8. The van der Waals surface area contributed by atoms with Crippen molar-refractivity contribution in [3.63, 3.8) is 0 Å². The summed E-state index contributed by atoms with van der Waals surface area (Å²) in [6.07, 6.45) is 3.48. The van der Waals surface area contributed by atoms with Gasteiger partial charge < -0.3 is 20.2 Å². The molecule has 0 spiro atoms. The molecule has 0 bridgehead atoms. The van der Waals surface area contributed by atoms with Crippen LogP contribution in [0.25, 0.3) is 11.1 Å². The Labute approximate surface area is 262 Å². The molecule has 1 aliphatic rings. The Kier molecular flexibility index (Phi) is 10.6. The summed E-state index contributed by atoms with van der Waals surface area (Å²) in [7, 11) is 0. The normalized spacial score (nSPS) is 13.1. The first-order valence-corrected chi connectivity index (χ1v) is 15.7. The van der Waals surface area contributed by atoms with Gasteiger partial charge >= 0.3 is 0 Å². The molecule has 0 radical (unpaired) electrons. The Morgan fingerprint density at radius 3 is 2.19 bits per heavy atom. The molecule has 7 heteroatoms. The van der Waals surface area contributed by atoms with Crippen molar-refractivity contribution in [2.45, 2.75) is 32.2 Å². The van der Waals surface area contributed by atoms with Gasteiger partial charge in [-0.15, -0.1) is 0 Å². The molecule has 222 valence electrons. The van der Waals surface area contributed by atoms with Gasteiger partial charge in [-0.25, -0.2) is 0 Å². The van der Waals surface area contributed by atoms with Crippen molar-refractivity contribution in [1.82, 2.24) is 15.1 Å². The van der Waals surface area contributed by atoms with Crippen LogP contribution in [0.15, 0.2) is 102 Å². The van der Waals surface area contributed by atoms with Crippen LogP contribution in [0.5, 0.6) is 5.75 Å². The molecule has 0 unspecified atom stereocenters. The van der Waals surface area contributed by atoms with Gasteiger partial charge in [-0.2, -0.15) is 0 Å². The molecule has 1 heterocycles. The lowest BCUT2D eigenvalue weighted by atomic mass is 9.98. The number of likely N-dealkylation sites (tertiary alicyclic amines) is 1. The SMILES string of the molecule is O=C(NCCN1CCCC1)c1ccccc1-c1ccc(CN(CCc2ccc(O)cc2)C(=O)Cc2ccc(Br)cc2)cc1. The molecule has 0 saturated carbocycles. The van der Waals surface area contributed by atoms with Crippen LogP contribution in [0.4, 0.5) is 0 Å². The van der Waals surface area contributed by atoms with E-state index < -0.39 is 0 Å². The van der Waals surface area contributed by atoms with E-state index in [-0.39, 0.29) is 17.6 Å². The highest BCUT2D eigenvalue weighted by Crippen LogP contribution is 2.25. The third-order valence-corrected chi connectivity index (χ3v) is 8.48. The number of hydrogen-bond donors (Lipinski definition) is 2. The van der Waals surface area contributed by atoms with Crippen LogP contribution in [0.3, 0.4) is 0 Å². The smallest absolute Gasteiger partial charge is 0.251 e. The summed E-state index contributed by atoms with van der Waals surface area (Å²) < 4.78 is 0.981. The van der Waals surface area contributed by atoms with E-state index in [2.05, 4.69) is 26.1 Å². The molecule has 5 rings (SSSR count). The maximum Gasteiger partial charge on any atom is 0.251 e. The second-order valence-electron chi connectivity index (χ2n) is 11.1. The van der Waals surface area contributed by atoms with Crippen LogP contribution in [-0.4, -0.2) is 59.4 Å². The Bertz CT molecular complexity index is 1500. The number of phenolic OH excluding ortho intramolecular Hbond substituents is 1. The maximum atomic E-state index is 13.5. The van der Waals surface area contributed by atoms with E-state index in [1.165, 1.54) is 12.8 Å². The van der Waals surface area contributed by atoms with E-state index >= 15 is 0 Å². The predicted octanol–water partition coefficient (Wildman–Crippen LogP) is 6.46. The standard InChI is InChI=1S/C36H38BrN3O3/c37-31-15-9-28(10-16-31)25-35(42)40(23-19-27-11-17-32(41)18-12-27)26-29-7-13-30(14-8-29)33-5-1-2-6-34(33)36(43)38-20-24-39-21-3-4-22-39/h1-2,5-18,41H,3-4,19-26H2,(H,38,43). The van der Waals surface area contributed by atoms with Gasteiger partial charge in [0.2, 0.25) is 5.91 Å². The molecule has 43 heavy (non-hydrogen) atoms. The topological polar surface area (TPSA) is 72.9 Å². The number of rotatable bonds is 12. The van der Waals surface area contributed by atoms with Crippen molar-refractivity contribution >= 4 is 27.7 Å². The van der Waals surface area contributed by atoms with Crippen molar-refractivity contribution in [3.8, 4) is 16.9 Å². The number of aromatic hydroxyl groups is 1. The molecule has 4 aromatic carbocycles. The molecule has 0 aliphatic carbocycles. The number of benzene rings is 4. The number of amides is 2. The summed E-state index contributed by atoms with van der Waals surface area (Å²) in [5, 5.41) is 12.7. The van der Waals surface area contributed by atoms with Gasteiger partial charge in [0.15, 0.2) is 0 Å². The van der Waals surface area contributed by atoms with Crippen molar-refractivity contribution in [3.05, 3.63) is 124 Å². The zero-order valence-corrected chi connectivity index (χ0v) is 25.9. The second kappa shape index (κ2) is 15.0. The van der Waals surface area contributed by atoms with Crippen LogP contribution < -0.4 is 5.32 Å². The van der Waals surface area contributed by atoms with Crippen LogP contribution in [0, 0.1) is 0 Å². The fourth-order valence-electron chi connectivity index (χ4n) is 5.48. The lowest BCUT2D eigenvalue weighted by molar-refractivity contribution is -0.131. The van der Waals surface area contributed by atoms with Gasteiger partial charge in [-0.1, -0.05) is 82.7 Å². The lowest BCUT2D eigenvalue weighted by Crippen LogP contribution is -2.33. The van der Waals surface area contributed by atoms with Crippen LogP contribution in [-0.2, 0) is 24.2 Å². The predicted molar refractivity (Wildman–Crippen MR) is 175 cm³/mol. The van der Waals surface area contributed by atoms with Gasteiger partial charge in [0.25, 0.3) is 5.91 Å². The minimum atomic E-state index is -0.0576. The van der Waals surface area contributed by atoms with Gasteiger partial charge in [0.1, 0.15) is 5.75 Å². The number of nitrogens with zero attached hydrogens (tertiary/aromatic N) is 2. The summed E-state index contributed by atoms with van der Waals surface area (Å²) in [5.74, 6) is 0.229. The highest BCUT2D eigenvalue weighted by Gasteiger charge is 2.17. The Morgan fingerprint density at radius 2 is 1.47 bits per heavy atom. The monoisotopic (exact) mass is 639 g/mol. The zero-order valence-electron chi connectivity index (χ0n) is 24.3. The summed E-state index contributed by atoms with van der Waals surface area (Å²) in [4.78, 5) is 30.9. The average molecular weight is 641 g/mol. The maximum absolute atomic E-state index is 13.5. The highest BCUT2D eigenvalue weighted by molar-refractivity contribution is 9.10. The fraction of sp³-hybridized carbons (Fsp3) is 0.278. The third-order valence-electron chi connectivity index (χ3n) is 7.95. The molecular formula is C36H38BrN3O3. The zero-order chi connectivity index (χ0) is 30.0. The molecule has 4 aromatic rings. The number of hydrogen-bond acceptors (Lipinski definition) is 4. The van der Waals surface area contributed by atoms with Gasteiger partial charge in [-0.3, -0.25) is 9.59 Å². The Hall–Kier alpha value is -3.94. The number of carbonyl (C=O) groups is 2. The highest BCUT2D eigenvalue weighted by atomic mass is 79.9. The molecule has 1 fully saturated rings. The van der Waals surface area contributed by atoms with Crippen LogP contribution >= 0.6 is 15.9 Å². The molecule has 2 amide bonds. The lowest BCUT2D eigenvalue weighted by Gasteiger charge is -2.23. The number of carbonyl (C=O) groups excluding carboxylic acids is 2. The van der Waals surface area contributed by atoms with Crippen molar-refractivity contribution in [2.24, 2.45) is 0 Å². The van der Waals surface area contributed by atoms with E-state index in [1.807, 2.05) is 89.8 Å². The average Bonchev–Trinajstić information content (AvgIpc) is 3.55. The first-order chi connectivity index (χ1) is 20.9. The number of nitrogens with one attached hydrogen (secondary N) is 1. The number of phenols is 1. The first kappa shape index (κ1) is 30.5. The number of halogens is 1. The molecule has 6 nitrogen and oxygen atoms in total. The molecular weight excluding hydrogens is 602 g/mol. The first-order valence-electron chi connectivity index (χ1n) is 14.9. The molecule has 1 saturated heterocycles. The van der Waals surface area contributed by atoms with Gasteiger partial charge in [-0.05, 0) is 90.5 Å². The minimum absolute atomic E-state index is 0.0566. The van der Waals surface area contributed by atoms with Crippen LogP contribution in [0.2, 0.25) is 0 Å². The van der Waals surface area contributed by atoms with Crippen LogP contribution in [0.1, 0.15) is 39.9 Å². The fourth-order valence-corrected chi connectivity index (χ4v) is 5.74. The van der Waals surface area contributed by atoms with E-state index in [0.29, 0.717) is 38.0 Å². The summed E-state index contributed by atoms with van der Waals surface area (Å²) >= 11 is 3.46. The van der Waals surface area contributed by atoms with Crippen molar-refractivity contribution < 1.29 is 14.7 Å². The largest absolute Gasteiger partial charge is 0.508 e. The Morgan fingerprint density at radius 1 is 0.814 bits per heavy atom. The third kappa shape index (κ3) is 8.78. The Balaban J connectivity index is 1.27. The van der Waals surface area contributed by atoms with E-state index in [0.717, 1.165) is 51.9 Å². The minimum Gasteiger partial charge on any atom is -0.508 e. The van der Waals surface area contributed by atoms with Crippen molar-refractivity contribution in [1.29, 1.82) is 0 Å². The summed E-state index contributed by atoms with van der Waals surface area (Å²) in [6.45, 7) is 4.78. The van der Waals surface area contributed by atoms with E-state index in [9.17, 15) is 14.7 Å². The molecule has 1 aliphatic heterocycles. The molecule has 2 N–H and O–H groups in total. The van der Waals surface area contributed by atoms with Gasteiger partial charge in [0.05, 0.1) is 6.42 Å². The van der Waals surface area contributed by atoms with Gasteiger partial charge in [0, 0.05) is 36.2 Å². The second-order valence-corrected chi connectivity index (χ2v) is 12.0. The van der Waals surface area contributed by atoms with Crippen molar-refractivity contribution in [2.75, 3.05) is 32.7 Å². The molecule has 0 atom stereocenters. The molecule has 0 aromatic heterocycles.